The first kappa shape index (κ1) is 22.2. The van der Waals surface area contributed by atoms with E-state index in [0.717, 1.165) is 11.1 Å². The second-order valence-electron chi connectivity index (χ2n) is 9.59. The minimum absolute atomic E-state index is 0.418. The third-order valence-corrected chi connectivity index (χ3v) is 29.2. The summed E-state index contributed by atoms with van der Waals surface area (Å²) in [5.41, 5.74) is 1.56. The van der Waals surface area contributed by atoms with Crippen LogP contribution >= 0.6 is 0 Å². The summed E-state index contributed by atoms with van der Waals surface area (Å²) in [5, 5.41) is 0.836. The molecule has 0 rings (SSSR count). The molecule has 2 unspecified atom stereocenters. The summed E-state index contributed by atoms with van der Waals surface area (Å²) < 4.78 is 8.30. The second-order valence-corrected chi connectivity index (χ2v) is 25.2. The fourth-order valence-corrected chi connectivity index (χ4v) is 25.7. The molecule has 0 fully saturated rings. The topological polar surface area (TPSA) is 24.1 Å². The van der Waals surface area contributed by atoms with Gasteiger partial charge in [0, 0.05) is 0 Å². The molecule has 0 amide bonds. The Morgan fingerprint density at radius 3 is 1.05 bits per heavy atom. The van der Waals surface area contributed by atoms with Gasteiger partial charge < -0.3 is 0 Å². The Bertz CT molecular complexity index is 302. The fourth-order valence-electron chi connectivity index (χ4n) is 2.69. The number of hydrogen-bond acceptors (Lipinski definition) is 2. The normalized spacial score (nSPS) is 19.7. The van der Waals surface area contributed by atoms with Crippen LogP contribution in [-0.2, 0) is 0 Å². The van der Waals surface area contributed by atoms with Crippen LogP contribution in [0.3, 0.4) is 0 Å². The second kappa shape index (κ2) is 7.37. The Labute approximate surface area is 147 Å². The van der Waals surface area contributed by atoms with Crippen molar-refractivity contribution in [2.45, 2.75) is 103 Å². The first-order chi connectivity index (χ1) is 9.09. The van der Waals surface area contributed by atoms with E-state index in [0.29, 0.717) is 10.1 Å². The zero-order chi connectivity index (χ0) is 17.3. The van der Waals surface area contributed by atoms with Crippen LogP contribution in [0.5, 0.6) is 0 Å². The van der Waals surface area contributed by atoms with E-state index in [1.54, 1.807) is 0 Å². The van der Waals surface area contributed by atoms with Crippen LogP contribution in [-0.4, -0.2) is 38.2 Å². The van der Waals surface area contributed by atoms with Crippen molar-refractivity contribution in [3.8, 4) is 0 Å². The van der Waals surface area contributed by atoms with Crippen LogP contribution in [0.15, 0.2) is 0 Å². The molecule has 0 aromatic heterocycles. The molecule has 0 spiro atoms. The molecule has 5 heteroatoms. The van der Waals surface area contributed by atoms with Gasteiger partial charge in [0.1, 0.15) is 0 Å². The average Bonchev–Trinajstić information content (AvgIpc) is 2.24. The van der Waals surface area contributed by atoms with Crippen LogP contribution in [0, 0.1) is 0 Å². The van der Waals surface area contributed by atoms with Crippen molar-refractivity contribution in [3.63, 3.8) is 0 Å². The minimum atomic E-state index is -1.44. The Hall–Kier alpha value is 1.15. The van der Waals surface area contributed by atoms with E-state index in [2.05, 4.69) is 88.7 Å². The van der Waals surface area contributed by atoms with Gasteiger partial charge in [-0.1, -0.05) is 0 Å². The van der Waals surface area contributed by atoms with Gasteiger partial charge in [0.15, 0.2) is 0 Å². The van der Waals surface area contributed by atoms with Crippen molar-refractivity contribution >= 4 is 38.2 Å². The third kappa shape index (κ3) is 5.06. The summed E-state index contributed by atoms with van der Waals surface area (Å²) in [5.74, 6) is 0. The Morgan fingerprint density at radius 2 is 0.905 bits per heavy atom. The maximum absolute atomic E-state index is 4.15. The van der Waals surface area contributed by atoms with Crippen LogP contribution in [0.25, 0.3) is 0 Å². The van der Waals surface area contributed by atoms with Crippen LogP contribution in [0.4, 0.5) is 0 Å². The standard InChI is InChI=1S/2C8H20NSi.Sn/c2*1-7(2)10(6,9)8(3,4)5;/h2*7,9H,1-6H3;/q2*-1;+2. The first-order valence-electron chi connectivity index (χ1n) is 8.39. The summed E-state index contributed by atoms with van der Waals surface area (Å²) in [6.45, 7) is 29.3. The van der Waals surface area contributed by atoms with Crippen LogP contribution in [0.2, 0.25) is 34.3 Å². The predicted octanol–water partition coefficient (Wildman–Crippen LogP) is 5.27. The number of rotatable bonds is 6. The maximum atomic E-state index is 4.15. The average molecular weight is 435 g/mol. The van der Waals surface area contributed by atoms with Gasteiger partial charge in [-0.25, -0.2) is 0 Å². The van der Waals surface area contributed by atoms with Gasteiger partial charge in [0.25, 0.3) is 0 Å². The van der Waals surface area contributed by atoms with Crippen molar-refractivity contribution in [2.75, 3.05) is 0 Å². The van der Waals surface area contributed by atoms with Gasteiger partial charge in [0.2, 0.25) is 0 Å². The fraction of sp³-hybridized carbons (Fsp3) is 1.00. The number of hydrogen-bond donors (Lipinski definition) is 2. The molecule has 0 aromatic rings. The van der Waals surface area contributed by atoms with Gasteiger partial charge in [-0.2, -0.15) is 0 Å². The molecule has 126 valence electrons. The quantitative estimate of drug-likeness (QED) is 0.556. The Morgan fingerprint density at radius 1 is 0.667 bits per heavy atom. The van der Waals surface area contributed by atoms with Crippen molar-refractivity contribution in [2.24, 2.45) is 0 Å². The molecular weight excluding hydrogens is 395 g/mol. The van der Waals surface area contributed by atoms with Crippen LogP contribution in [0.1, 0.15) is 69.2 Å². The van der Waals surface area contributed by atoms with Crippen molar-refractivity contribution in [1.82, 2.24) is 6.41 Å². The molecule has 2 atom stereocenters. The molecule has 0 heterocycles. The van der Waals surface area contributed by atoms with E-state index in [9.17, 15) is 0 Å². The SMILES string of the molecule is CC(C)[Si](C)([NH][Sn][NH][Si](C)(C(C)C)C(C)(C)C)C(C)(C)C. The predicted molar refractivity (Wildman–Crippen MR) is 105 cm³/mol. The number of nitrogens with one attached hydrogen (secondary N) is 2. The molecule has 21 heavy (non-hydrogen) atoms. The molecule has 0 aliphatic rings. The molecule has 0 bridgehead atoms. The summed E-state index contributed by atoms with van der Waals surface area (Å²) in [4.78, 5) is 0. The Balaban J connectivity index is 5.02. The summed E-state index contributed by atoms with van der Waals surface area (Å²) in [6.07, 6.45) is 0. The van der Waals surface area contributed by atoms with E-state index < -0.39 is 38.2 Å². The summed E-state index contributed by atoms with van der Waals surface area (Å²) in [6, 6.07) is 0. The van der Waals surface area contributed by atoms with Crippen molar-refractivity contribution in [1.29, 1.82) is 0 Å². The van der Waals surface area contributed by atoms with Gasteiger partial charge in [-0.3, -0.25) is 0 Å². The zero-order valence-electron chi connectivity index (χ0n) is 16.7. The molecule has 2 N–H and O–H groups in total. The van der Waals surface area contributed by atoms with Crippen molar-refractivity contribution < 1.29 is 0 Å². The van der Waals surface area contributed by atoms with Gasteiger partial charge in [-0.05, 0) is 0 Å². The zero-order valence-corrected chi connectivity index (χ0v) is 21.5. The molecule has 2 nitrogen and oxygen atoms in total. The molecule has 0 aliphatic carbocycles. The molecule has 0 saturated heterocycles. The summed E-state index contributed by atoms with van der Waals surface area (Å²) >= 11 is -0.730. The molecule has 2 radical (unpaired) electrons. The Kier molecular flexibility index (Phi) is 7.77. The van der Waals surface area contributed by atoms with Crippen molar-refractivity contribution in [3.05, 3.63) is 0 Å². The van der Waals surface area contributed by atoms with E-state index >= 15 is 0 Å². The van der Waals surface area contributed by atoms with E-state index in [1.165, 1.54) is 0 Å². The summed E-state index contributed by atoms with van der Waals surface area (Å²) in [7, 11) is -2.87. The van der Waals surface area contributed by atoms with Crippen LogP contribution < -0.4 is 6.41 Å². The van der Waals surface area contributed by atoms with E-state index in [1.807, 2.05) is 0 Å². The third-order valence-electron chi connectivity index (χ3n) is 6.07. The van der Waals surface area contributed by atoms with Gasteiger partial charge in [-0.15, -0.1) is 0 Å². The van der Waals surface area contributed by atoms with E-state index in [4.69, 9.17) is 0 Å². The molecule has 0 aliphatic heterocycles. The van der Waals surface area contributed by atoms with E-state index in [-0.39, 0.29) is 0 Å². The molecule has 0 saturated carbocycles. The van der Waals surface area contributed by atoms with Gasteiger partial charge >= 0.3 is 148 Å². The molecular formula is C16H40N2Si2Sn. The van der Waals surface area contributed by atoms with Gasteiger partial charge in [0.05, 0.1) is 0 Å². The molecule has 0 aromatic carbocycles. The first-order valence-corrected chi connectivity index (χ1v) is 16.4. The monoisotopic (exact) mass is 436 g/mol.